The Morgan fingerprint density at radius 2 is 2.05 bits per heavy atom. The van der Waals surface area contributed by atoms with Crippen LogP contribution in [0.25, 0.3) is 10.1 Å². The van der Waals surface area contributed by atoms with Crippen LogP contribution in [0, 0.1) is 0 Å². The first-order valence-corrected chi connectivity index (χ1v) is 8.96. The number of aromatic nitrogens is 1. The highest BCUT2D eigenvalue weighted by molar-refractivity contribution is 7.19. The number of hydrogen-bond donors (Lipinski definition) is 0. The van der Waals surface area contributed by atoms with E-state index in [-0.39, 0.29) is 0 Å². The van der Waals surface area contributed by atoms with E-state index < -0.39 is 0 Å². The summed E-state index contributed by atoms with van der Waals surface area (Å²) in [5, 5.41) is 3.57. The van der Waals surface area contributed by atoms with Crippen molar-refractivity contribution in [2.75, 3.05) is 20.6 Å². The lowest BCUT2D eigenvalue weighted by molar-refractivity contribution is 0.414. The highest BCUT2D eigenvalue weighted by Gasteiger charge is 2.20. The van der Waals surface area contributed by atoms with Gasteiger partial charge in [0.15, 0.2) is 0 Å². The van der Waals surface area contributed by atoms with Crippen molar-refractivity contribution in [2.45, 2.75) is 19.3 Å². The van der Waals surface area contributed by atoms with E-state index in [0.717, 1.165) is 13.0 Å². The first kappa shape index (κ1) is 14.7. The molecule has 0 spiro atoms. The van der Waals surface area contributed by atoms with Crippen molar-refractivity contribution in [3.63, 3.8) is 0 Å². The third kappa shape index (κ3) is 3.03. The molecular formula is C17H20N2S2. The molecular weight excluding hydrogens is 296 g/mol. The van der Waals surface area contributed by atoms with Gasteiger partial charge in [0, 0.05) is 27.4 Å². The Labute approximate surface area is 134 Å². The van der Waals surface area contributed by atoms with Crippen LogP contribution in [0.4, 0.5) is 0 Å². The van der Waals surface area contributed by atoms with Crippen molar-refractivity contribution in [1.82, 2.24) is 9.88 Å². The van der Waals surface area contributed by atoms with Gasteiger partial charge < -0.3 is 4.90 Å². The molecule has 0 amide bonds. The van der Waals surface area contributed by atoms with Gasteiger partial charge in [0.25, 0.3) is 0 Å². The molecule has 2 heterocycles. The van der Waals surface area contributed by atoms with Gasteiger partial charge in [-0.3, -0.25) is 0 Å². The second kappa shape index (κ2) is 6.26. The highest BCUT2D eigenvalue weighted by Crippen LogP contribution is 2.39. The Hall–Kier alpha value is -1.23. The molecule has 110 valence electrons. The predicted octanol–water partition coefficient (Wildman–Crippen LogP) is 4.61. The minimum absolute atomic E-state index is 0.365. The van der Waals surface area contributed by atoms with Crippen LogP contribution in [0.1, 0.15) is 29.0 Å². The molecule has 1 aromatic carbocycles. The zero-order valence-electron chi connectivity index (χ0n) is 12.7. The van der Waals surface area contributed by atoms with Gasteiger partial charge in [-0.2, -0.15) is 0 Å². The average Bonchev–Trinajstić information content (AvgIpc) is 3.11. The van der Waals surface area contributed by atoms with Gasteiger partial charge in [-0.15, -0.1) is 22.7 Å². The van der Waals surface area contributed by atoms with Gasteiger partial charge >= 0.3 is 0 Å². The predicted molar refractivity (Wildman–Crippen MR) is 93.7 cm³/mol. The monoisotopic (exact) mass is 316 g/mol. The van der Waals surface area contributed by atoms with Gasteiger partial charge in [-0.25, -0.2) is 4.98 Å². The summed E-state index contributed by atoms with van der Waals surface area (Å²) < 4.78 is 1.39. The second-order valence-electron chi connectivity index (χ2n) is 5.62. The quantitative estimate of drug-likeness (QED) is 0.683. The first-order valence-electron chi connectivity index (χ1n) is 7.20. The summed E-state index contributed by atoms with van der Waals surface area (Å²) in [6, 6.07) is 8.76. The molecule has 3 aromatic rings. The van der Waals surface area contributed by atoms with E-state index in [4.69, 9.17) is 0 Å². The molecule has 2 aromatic heterocycles. The number of hydrogen-bond acceptors (Lipinski definition) is 4. The van der Waals surface area contributed by atoms with Crippen molar-refractivity contribution in [2.24, 2.45) is 0 Å². The molecule has 0 aliphatic rings. The van der Waals surface area contributed by atoms with Gasteiger partial charge in [0.05, 0.1) is 11.2 Å². The van der Waals surface area contributed by atoms with E-state index in [1.54, 1.807) is 11.3 Å². The van der Waals surface area contributed by atoms with Gasteiger partial charge in [-0.1, -0.05) is 25.1 Å². The fourth-order valence-corrected chi connectivity index (χ4v) is 4.62. The van der Waals surface area contributed by atoms with Crippen LogP contribution in [-0.4, -0.2) is 30.5 Å². The Morgan fingerprint density at radius 3 is 2.76 bits per heavy atom. The number of benzene rings is 1. The fraction of sp³-hybridized carbons (Fsp3) is 0.353. The lowest BCUT2D eigenvalue weighted by Crippen LogP contribution is -2.15. The van der Waals surface area contributed by atoms with Crippen molar-refractivity contribution < 1.29 is 0 Å². The summed E-state index contributed by atoms with van der Waals surface area (Å²) in [5.41, 5.74) is 4.60. The molecule has 3 rings (SSSR count). The van der Waals surface area contributed by atoms with Crippen LogP contribution in [-0.2, 0) is 6.42 Å². The number of likely N-dealkylation sites (N-methyl/N-ethyl adjacent to an activating group) is 1. The molecule has 0 saturated heterocycles. The standard InChI is InChI=1S/C17H20N2S2/c1-12(14-10-20-11-18-14)17-13-6-4-5-7-15(13)21-16(17)8-9-19(2)3/h4-7,10-12H,8-9H2,1-3H3/t12-/m0/s1. The third-order valence-corrected chi connectivity index (χ3v) is 5.68. The van der Waals surface area contributed by atoms with E-state index >= 15 is 0 Å². The van der Waals surface area contributed by atoms with Crippen molar-refractivity contribution >= 4 is 32.8 Å². The molecule has 2 nitrogen and oxygen atoms in total. The van der Waals surface area contributed by atoms with Crippen LogP contribution in [0.2, 0.25) is 0 Å². The number of rotatable bonds is 5. The summed E-state index contributed by atoms with van der Waals surface area (Å²) in [4.78, 5) is 8.28. The highest BCUT2D eigenvalue weighted by atomic mass is 32.1. The molecule has 21 heavy (non-hydrogen) atoms. The molecule has 0 fully saturated rings. The lowest BCUT2D eigenvalue weighted by atomic mass is 9.94. The number of thiazole rings is 1. The maximum absolute atomic E-state index is 4.53. The topological polar surface area (TPSA) is 16.1 Å². The molecule has 0 bridgehead atoms. The van der Waals surface area contributed by atoms with Crippen molar-refractivity contribution in [1.29, 1.82) is 0 Å². The normalized spacial score (nSPS) is 13.1. The van der Waals surface area contributed by atoms with Crippen LogP contribution in [0.15, 0.2) is 35.2 Å². The summed E-state index contributed by atoms with van der Waals surface area (Å²) in [7, 11) is 4.27. The van der Waals surface area contributed by atoms with E-state index in [1.807, 2.05) is 16.8 Å². The SMILES string of the molecule is C[C@@H](c1cscn1)c1c(CCN(C)C)sc2ccccc12. The Bertz CT molecular complexity index is 714. The summed E-state index contributed by atoms with van der Waals surface area (Å²) >= 11 is 3.62. The number of thiophene rings is 1. The maximum Gasteiger partial charge on any atom is 0.0794 e. The van der Waals surface area contributed by atoms with E-state index in [1.165, 1.54) is 26.2 Å². The summed E-state index contributed by atoms with van der Waals surface area (Å²) in [6.45, 7) is 3.37. The van der Waals surface area contributed by atoms with E-state index in [0.29, 0.717) is 5.92 Å². The van der Waals surface area contributed by atoms with E-state index in [2.05, 4.69) is 60.5 Å². The first-order chi connectivity index (χ1) is 10.2. The summed E-state index contributed by atoms with van der Waals surface area (Å²) in [6.07, 6.45) is 1.11. The van der Waals surface area contributed by atoms with Gasteiger partial charge in [-0.05, 0) is 37.5 Å². The number of fused-ring (bicyclic) bond motifs is 1. The van der Waals surface area contributed by atoms with Crippen molar-refractivity contribution in [3.8, 4) is 0 Å². The minimum atomic E-state index is 0.365. The molecule has 4 heteroatoms. The minimum Gasteiger partial charge on any atom is -0.309 e. The van der Waals surface area contributed by atoms with Crippen LogP contribution in [0.5, 0.6) is 0 Å². The lowest BCUT2D eigenvalue weighted by Gasteiger charge is -2.13. The van der Waals surface area contributed by atoms with Crippen LogP contribution >= 0.6 is 22.7 Å². The smallest absolute Gasteiger partial charge is 0.0794 e. The largest absolute Gasteiger partial charge is 0.309 e. The molecule has 0 unspecified atom stereocenters. The van der Waals surface area contributed by atoms with Crippen molar-refractivity contribution in [3.05, 3.63) is 51.3 Å². The average molecular weight is 316 g/mol. The maximum atomic E-state index is 4.53. The molecule has 0 aliphatic carbocycles. The Balaban J connectivity index is 2.06. The number of nitrogens with zero attached hydrogens (tertiary/aromatic N) is 2. The van der Waals surface area contributed by atoms with Crippen LogP contribution < -0.4 is 0 Å². The zero-order valence-corrected chi connectivity index (χ0v) is 14.3. The Morgan fingerprint density at radius 1 is 1.24 bits per heavy atom. The summed E-state index contributed by atoms with van der Waals surface area (Å²) in [5.74, 6) is 0.365. The Kier molecular flexibility index (Phi) is 4.38. The molecule has 0 radical (unpaired) electrons. The molecule has 0 saturated carbocycles. The molecule has 0 N–H and O–H groups in total. The third-order valence-electron chi connectivity index (χ3n) is 3.82. The second-order valence-corrected chi connectivity index (χ2v) is 7.48. The van der Waals surface area contributed by atoms with Gasteiger partial charge in [0.2, 0.25) is 0 Å². The zero-order chi connectivity index (χ0) is 14.8. The fourth-order valence-electron chi connectivity index (χ4n) is 2.69. The molecule has 0 aliphatic heterocycles. The van der Waals surface area contributed by atoms with E-state index in [9.17, 15) is 0 Å². The molecule has 1 atom stereocenters. The van der Waals surface area contributed by atoms with Gasteiger partial charge in [0.1, 0.15) is 0 Å². The van der Waals surface area contributed by atoms with Crippen LogP contribution in [0.3, 0.4) is 0 Å².